The van der Waals surface area contributed by atoms with Crippen molar-refractivity contribution >= 4 is 45.3 Å². The summed E-state index contributed by atoms with van der Waals surface area (Å²) >= 11 is 0. The first-order valence-electron chi connectivity index (χ1n) is 31.7. The second kappa shape index (κ2) is 64.3. The van der Waals surface area contributed by atoms with Gasteiger partial charge >= 0.3 is 57.5 Å². The smallest absolute Gasteiger partial charge is 1.00 e. The van der Waals surface area contributed by atoms with Gasteiger partial charge in [0.05, 0.1) is 49.2 Å². The zero-order valence-corrected chi connectivity index (χ0v) is 60.0. The molecule has 0 aromatic carbocycles. The van der Waals surface area contributed by atoms with E-state index in [1.807, 2.05) is 83.1 Å². The Morgan fingerprint density at radius 2 is 0.939 bits per heavy atom. The Balaban J connectivity index is -0.000000254. The maximum absolute atomic E-state index is 12.6. The zero-order chi connectivity index (χ0) is 60.8. The maximum Gasteiger partial charge on any atom is 1.00 e. The summed E-state index contributed by atoms with van der Waals surface area (Å²) in [5.41, 5.74) is 5.57. The van der Waals surface area contributed by atoms with Crippen molar-refractivity contribution in [2.45, 2.75) is 313 Å². The number of unbranched alkanes of at least 4 members (excludes halogenated alkanes) is 12. The van der Waals surface area contributed by atoms with Gasteiger partial charge in [0.2, 0.25) is 17.7 Å². The molecule has 0 bridgehead atoms. The fraction of sp³-hybridized carbons (Fsp3) is 0.905. The zero-order valence-electron chi connectivity index (χ0n) is 56.5. The van der Waals surface area contributed by atoms with Crippen LogP contribution in [-0.2, 0) is 52.4 Å². The van der Waals surface area contributed by atoms with E-state index in [9.17, 15) is 28.8 Å². The number of nitrogens with zero attached hydrogens (tertiary/aromatic N) is 1. The molecule has 0 saturated carbocycles. The monoisotopic (exact) mass is 1220 g/mol. The molecule has 19 heteroatoms. The van der Waals surface area contributed by atoms with Crippen molar-refractivity contribution in [3.05, 3.63) is 0 Å². The number of rotatable bonds is 46. The van der Waals surface area contributed by atoms with Crippen molar-refractivity contribution in [2.24, 2.45) is 5.73 Å². The summed E-state index contributed by atoms with van der Waals surface area (Å²) in [6.45, 7) is 33.9. The van der Waals surface area contributed by atoms with Crippen molar-refractivity contribution in [2.75, 3.05) is 59.2 Å². The number of ketones is 2. The molecule has 0 aliphatic carbocycles. The van der Waals surface area contributed by atoms with E-state index in [-0.39, 0.29) is 141 Å². The van der Waals surface area contributed by atoms with Crippen LogP contribution >= 0.6 is 9.90 Å². The number of Topliss-reactive ketones (excluding diaryl/α,β-unsaturated/α-hetero) is 2. The van der Waals surface area contributed by atoms with Gasteiger partial charge in [-0.25, -0.2) is 4.79 Å². The van der Waals surface area contributed by atoms with Gasteiger partial charge in [0.1, 0.15) is 6.04 Å². The minimum Gasteiger partial charge on any atom is -1.00 e. The van der Waals surface area contributed by atoms with Gasteiger partial charge in [-0.3, -0.25) is 28.9 Å². The fourth-order valence-corrected chi connectivity index (χ4v) is 7.96. The molecule has 0 aromatic rings. The first kappa shape index (κ1) is 89.6. The van der Waals surface area contributed by atoms with Crippen molar-refractivity contribution in [1.29, 1.82) is 0 Å². The van der Waals surface area contributed by atoms with Gasteiger partial charge in [0.25, 0.3) is 0 Å². The molecular weight excluding hydrogens is 1090 g/mol. The van der Waals surface area contributed by atoms with Gasteiger partial charge in [0.15, 0.2) is 11.6 Å². The second-order valence-electron chi connectivity index (χ2n) is 22.7. The molecule has 17 nitrogen and oxygen atoms in total. The number of hydrogen-bond donors (Lipinski definition) is 4. The van der Waals surface area contributed by atoms with Crippen LogP contribution in [0.1, 0.15) is 265 Å². The molecule has 0 radical (unpaired) electrons. The molecule has 3 atom stereocenters. The van der Waals surface area contributed by atoms with Crippen LogP contribution in [0.15, 0.2) is 0 Å². The van der Waals surface area contributed by atoms with E-state index in [0.29, 0.717) is 64.8 Å². The molecule has 1 aliphatic rings. The van der Waals surface area contributed by atoms with Gasteiger partial charge in [-0.2, -0.15) is 9.90 Å². The summed E-state index contributed by atoms with van der Waals surface area (Å²) in [6, 6.07) is -0.761. The van der Waals surface area contributed by atoms with Crippen LogP contribution in [0.3, 0.4) is 0 Å². The van der Waals surface area contributed by atoms with E-state index < -0.39 is 12.1 Å². The number of carbonyl (C=O) groups is 6. The minimum atomic E-state index is -0.391. The summed E-state index contributed by atoms with van der Waals surface area (Å²) in [4.78, 5) is 73.9. The van der Waals surface area contributed by atoms with Crippen molar-refractivity contribution in [1.82, 2.24) is 20.9 Å². The number of amides is 4. The number of likely N-dealkylation sites (tertiary alicyclic amines) is 1. The van der Waals surface area contributed by atoms with Crippen LogP contribution in [0.25, 0.3) is 0 Å². The Morgan fingerprint density at radius 3 is 1.35 bits per heavy atom. The van der Waals surface area contributed by atoms with Gasteiger partial charge < -0.3 is 51.5 Å². The summed E-state index contributed by atoms with van der Waals surface area (Å²) in [6.07, 6.45) is 23.7. The molecule has 0 aromatic heterocycles. The van der Waals surface area contributed by atoms with E-state index in [1.54, 1.807) is 0 Å². The average Bonchev–Trinajstić information content (AvgIpc) is 3.89. The Labute approximate surface area is 549 Å². The molecule has 0 spiro atoms. The van der Waals surface area contributed by atoms with Crippen molar-refractivity contribution in [3.8, 4) is 0 Å². The molecular formula is C63H129KN5O12P. The number of hydrogen-bond acceptors (Lipinski definition) is 13. The van der Waals surface area contributed by atoms with E-state index >= 15 is 0 Å². The molecule has 1 fully saturated rings. The second-order valence-corrected chi connectivity index (χ2v) is 22.7. The predicted octanol–water partition coefficient (Wildman–Crippen LogP) is 9.47. The molecule has 484 valence electrons. The first-order valence-corrected chi connectivity index (χ1v) is 31.7. The quantitative estimate of drug-likeness (QED) is 0.0254. The molecule has 1 aliphatic heterocycles. The first-order chi connectivity index (χ1) is 38.1. The van der Waals surface area contributed by atoms with E-state index in [2.05, 4.69) is 29.8 Å². The Morgan fingerprint density at radius 1 is 0.512 bits per heavy atom. The Hall–Kier alpha value is -1.15. The average molecular weight is 1220 g/mol. The van der Waals surface area contributed by atoms with Crippen molar-refractivity contribution < 1.29 is 110 Å². The molecule has 1 heterocycles. The van der Waals surface area contributed by atoms with Gasteiger partial charge in [0, 0.05) is 71.8 Å². The third kappa shape index (κ3) is 64.8. The number of carbonyl (C=O) groups excluding carboxylic acids is 6. The van der Waals surface area contributed by atoms with Gasteiger partial charge in [-0.1, -0.05) is 58.8 Å². The van der Waals surface area contributed by atoms with Crippen LogP contribution in [0.4, 0.5) is 4.79 Å². The number of ether oxygens (including phenoxy) is 6. The number of nitrogens with two attached hydrogens (primary N) is 1. The SMILES string of the molecule is CC(C)OCCCCCC(=O)CNC(=O)CCCCCOC(C)C.CC(C)OCCCCCC(=O)N[C@@H](CCCCN)C(=O)CCCCCOC(C)C.CC(C)OCCCCNC(=O)[C@@H]1CCCN1C(=O)OC(C)C.CCCCC.P.[H-].[K+]. The Kier molecular flexibility index (Phi) is 70.3. The number of nitrogens with one attached hydrogen (secondary N) is 3. The molecule has 4 amide bonds. The normalized spacial score (nSPS) is 13.1. The topological polar surface area (TPSA) is 223 Å². The summed E-state index contributed by atoms with van der Waals surface area (Å²) in [5.74, 6) is 0.122. The van der Waals surface area contributed by atoms with Crippen LogP contribution in [-0.4, -0.2) is 148 Å². The van der Waals surface area contributed by atoms with Crippen molar-refractivity contribution in [3.63, 3.8) is 0 Å². The predicted molar refractivity (Wildman–Crippen MR) is 338 cm³/mol. The molecule has 1 unspecified atom stereocenters. The standard InChI is InChI=1S/C23H46N2O4.C19H37NO4.C16H30N2O4.C5H12.K.H3P.H/c1-19(2)28-17-11-5-7-14-22(26)21(13-9-10-16-24)25-23(27)15-8-6-12-18-29-20(3)4;1-16(2)23-13-9-5-7-11-18(21)15-20-19(22)12-8-6-10-14-24-17(3)4;1-12(2)21-11-6-5-9-17-15(19)14-8-7-10-18(14)16(20)22-13(3)4;1-3-5-4-2;;;/h19-21H,5-18,24H2,1-4H3,(H,25,27);16-17H,5-15H2,1-4H3,(H,20,22);12-14H,5-11H2,1-4H3,(H,17,19);3-5H2,1-2H3;;1H3;/q;;;;+1;;-1/t21-;;14-;;;;/m0.0..../s1. The molecule has 1 rings (SSSR count). The largest absolute Gasteiger partial charge is 1.00 e. The van der Waals surface area contributed by atoms with Gasteiger partial charge in [-0.15, -0.1) is 0 Å². The van der Waals surface area contributed by atoms with Crippen LogP contribution in [0.5, 0.6) is 0 Å². The van der Waals surface area contributed by atoms with Gasteiger partial charge in [-0.05, 0) is 186 Å². The van der Waals surface area contributed by atoms with E-state index in [0.717, 1.165) is 136 Å². The summed E-state index contributed by atoms with van der Waals surface area (Å²) in [5, 5.41) is 8.59. The summed E-state index contributed by atoms with van der Waals surface area (Å²) < 4.78 is 32.6. The summed E-state index contributed by atoms with van der Waals surface area (Å²) in [7, 11) is 0. The van der Waals surface area contributed by atoms with Crippen LogP contribution < -0.4 is 73.1 Å². The fourth-order valence-electron chi connectivity index (χ4n) is 7.96. The molecule has 1 saturated heterocycles. The van der Waals surface area contributed by atoms with Crippen LogP contribution in [0.2, 0.25) is 0 Å². The third-order valence-electron chi connectivity index (χ3n) is 12.4. The molecule has 82 heavy (non-hydrogen) atoms. The third-order valence-corrected chi connectivity index (χ3v) is 12.4. The van der Waals surface area contributed by atoms with E-state index in [1.165, 1.54) is 24.2 Å². The Bertz CT molecular complexity index is 1470. The van der Waals surface area contributed by atoms with E-state index in [4.69, 9.17) is 34.2 Å². The minimum absolute atomic E-state index is 0. The maximum atomic E-state index is 12.6. The molecule has 5 N–H and O–H groups in total. The van der Waals surface area contributed by atoms with Crippen LogP contribution in [0, 0.1) is 0 Å².